The summed E-state index contributed by atoms with van der Waals surface area (Å²) in [6, 6.07) is 64.6. The molecule has 2 heterocycles. The van der Waals surface area contributed by atoms with Crippen LogP contribution in [-0.4, -0.2) is 4.98 Å². The van der Waals surface area contributed by atoms with Crippen molar-refractivity contribution in [3.05, 3.63) is 197 Å². The molecule has 0 saturated heterocycles. The predicted molar refractivity (Wildman–Crippen MR) is 270 cm³/mol. The third-order valence-electron chi connectivity index (χ3n) is 16.3. The van der Waals surface area contributed by atoms with E-state index in [0.29, 0.717) is 11.1 Å². The minimum Gasteiger partial charge on any atom is -0.248 e. The molecular formula is C62H47N3S. The Morgan fingerprint density at radius 3 is 1.94 bits per heavy atom. The number of nitrogens with zero attached hydrogens (tertiary/aromatic N) is 3. The van der Waals surface area contributed by atoms with E-state index in [1.807, 2.05) is 17.4 Å². The summed E-state index contributed by atoms with van der Waals surface area (Å²) in [6.45, 7) is 4.70. The maximum atomic E-state index is 9.91. The normalized spacial score (nSPS) is 21.9. The minimum absolute atomic E-state index is 0.0804. The molecule has 9 aromatic rings. The van der Waals surface area contributed by atoms with E-state index in [0.717, 1.165) is 39.9 Å². The molecule has 2 unspecified atom stereocenters. The van der Waals surface area contributed by atoms with Gasteiger partial charge in [0.1, 0.15) is 0 Å². The first-order valence-corrected chi connectivity index (χ1v) is 24.4. The smallest absolute Gasteiger partial charge is 0.0998 e. The van der Waals surface area contributed by atoms with Crippen molar-refractivity contribution in [2.75, 3.05) is 0 Å². The van der Waals surface area contributed by atoms with E-state index >= 15 is 0 Å². The summed E-state index contributed by atoms with van der Waals surface area (Å²) in [5.41, 5.74) is 18.3. The van der Waals surface area contributed by atoms with Gasteiger partial charge in [-0.1, -0.05) is 141 Å². The van der Waals surface area contributed by atoms with Crippen LogP contribution in [0.5, 0.6) is 0 Å². The highest BCUT2D eigenvalue weighted by Crippen LogP contribution is 2.66. The third kappa shape index (κ3) is 5.95. The van der Waals surface area contributed by atoms with Gasteiger partial charge in [0.2, 0.25) is 0 Å². The quantitative estimate of drug-likeness (QED) is 0.167. The Bertz CT molecular complexity index is 3550. The average Bonchev–Trinajstić information content (AvgIpc) is 3.84. The van der Waals surface area contributed by atoms with E-state index < -0.39 is 0 Å². The fourth-order valence-corrected chi connectivity index (χ4v) is 14.9. The average molecular weight is 866 g/mol. The summed E-state index contributed by atoms with van der Waals surface area (Å²) in [7, 11) is 0. The standard InChI is InChI=1S/C62H47N3S/c1-60(2)53-13-7-6-11-51(53)59-52(12-8-14-54(59)60)56-28-44(27-55(65-56)42-9-4-3-5-10-42)41-16-19-46(20-17-41)61-31-39-25-40(32-61)34-62(33-39,37-61)47-21-24-50-49-23-18-43(29-57(49)66-58(50)30-47)48-22-15-38(35-63)26-45(48)36-64/h3-24,26-30,39-40H,25,31-34,37H2,1-2H3. The molecule has 0 radical (unpaired) electrons. The van der Waals surface area contributed by atoms with Crippen LogP contribution in [0.15, 0.2) is 164 Å². The van der Waals surface area contributed by atoms with E-state index in [2.05, 4.69) is 172 Å². The number of hydrogen-bond donors (Lipinski definition) is 0. The monoisotopic (exact) mass is 865 g/mol. The largest absolute Gasteiger partial charge is 0.248 e. The van der Waals surface area contributed by atoms with Crippen molar-refractivity contribution in [3.8, 4) is 68.0 Å². The van der Waals surface area contributed by atoms with Crippen molar-refractivity contribution in [1.82, 2.24) is 4.98 Å². The van der Waals surface area contributed by atoms with Gasteiger partial charge >= 0.3 is 0 Å². The second-order valence-electron chi connectivity index (χ2n) is 20.5. The molecule has 66 heavy (non-hydrogen) atoms. The van der Waals surface area contributed by atoms with Crippen LogP contribution in [0.25, 0.3) is 76.1 Å². The summed E-state index contributed by atoms with van der Waals surface area (Å²) in [5, 5.41) is 21.9. The second kappa shape index (κ2) is 14.4. The van der Waals surface area contributed by atoms with Crippen molar-refractivity contribution in [1.29, 1.82) is 10.5 Å². The van der Waals surface area contributed by atoms with E-state index in [-0.39, 0.29) is 16.2 Å². The number of fused-ring (bicyclic) bond motifs is 6. The van der Waals surface area contributed by atoms with E-state index in [1.54, 1.807) is 12.1 Å². The number of rotatable bonds is 6. The molecule has 0 aliphatic heterocycles. The first kappa shape index (κ1) is 39.3. The van der Waals surface area contributed by atoms with E-state index in [1.165, 1.54) is 109 Å². The Hall–Kier alpha value is -7.11. The molecular weight excluding hydrogens is 819 g/mol. The number of hydrogen-bond acceptors (Lipinski definition) is 4. The molecule has 0 spiro atoms. The Kier molecular flexibility index (Phi) is 8.59. The van der Waals surface area contributed by atoms with Gasteiger partial charge < -0.3 is 0 Å². The topological polar surface area (TPSA) is 60.5 Å². The van der Waals surface area contributed by atoms with Gasteiger partial charge in [-0.2, -0.15) is 10.5 Å². The molecule has 2 aromatic heterocycles. The van der Waals surface area contributed by atoms with Crippen molar-refractivity contribution in [3.63, 3.8) is 0 Å². The molecule has 7 aromatic carbocycles. The van der Waals surface area contributed by atoms with Crippen LogP contribution < -0.4 is 0 Å². The Morgan fingerprint density at radius 1 is 0.515 bits per heavy atom. The van der Waals surface area contributed by atoms with Crippen molar-refractivity contribution in [2.45, 2.75) is 68.6 Å². The number of benzene rings is 7. The van der Waals surface area contributed by atoms with Crippen LogP contribution in [0.3, 0.4) is 0 Å². The maximum Gasteiger partial charge on any atom is 0.0998 e. The van der Waals surface area contributed by atoms with Gasteiger partial charge in [-0.25, -0.2) is 4.98 Å². The highest BCUT2D eigenvalue weighted by atomic mass is 32.1. The van der Waals surface area contributed by atoms with Gasteiger partial charge in [0.15, 0.2) is 0 Å². The first-order valence-electron chi connectivity index (χ1n) is 23.5. The minimum atomic E-state index is -0.0804. The fourth-order valence-electron chi connectivity index (χ4n) is 13.7. The zero-order valence-electron chi connectivity index (χ0n) is 37.2. The van der Waals surface area contributed by atoms with Crippen LogP contribution in [0.1, 0.15) is 85.8 Å². The van der Waals surface area contributed by atoms with Crippen LogP contribution in [0, 0.1) is 34.5 Å². The number of aromatic nitrogens is 1. The van der Waals surface area contributed by atoms with Gasteiger partial charge in [0.05, 0.1) is 34.7 Å². The van der Waals surface area contributed by atoms with Crippen LogP contribution in [-0.2, 0) is 16.2 Å². The van der Waals surface area contributed by atoms with Crippen molar-refractivity contribution < 1.29 is 0 Å². The summed E-state index contributed by atoms with van der Waals surface area (Å²) in [4.78, 5) is 5.42. The SMILES string of the molecule is CC1(C)c2ccccc2-c2c(-c3cc(-c4ccc(C56CC7CC(C5)CC(c5ccc8c(c5)sc5cc(-c9ccc(C#N)cc9C#N)ccc58)(C7)C6)cc4)cc(-c4ccccc4)n3)cccc21. The predicted octanol–water partition coefficient (Wildman–Crippen LogP) is 16.0. The summed E-state index contributed by atoms with van der Waals surface area (Å²) < 4.78 is 2.57. The Labute approximate surface area is 390 Å². The fraction of sp³-hybridized carbons (Fsp3) is 0.210. The van der Waals surface area contributed by atoms with Gasteiger partial charge in [-0.15, -0.1) is 11.3 Å². The molecule has 316 valence electrons. The molecule has 3 nitrogen and oxygen atoms in total. The highest BCUT2D eigenvalue weighted by Gasteiger charge is 2.58. The zero-order valence-corrected chi connectivity index (χ0v) is 38.1. The van der Waals surface area contributed by atoms with Gasteiger partial charge in [0.25, 0.3) is 0 Å². The maximum absolute atomic E-state index is 9.91. The number of nitriles is 2. The summed E-state index contributed by atoms with van der Waals surface area (Å²) >= 11 is 1.87. The number of thiophene rings is 1. The molecule has 5 aliphatic carbocycles. The van der Waals surface area contributed by atoms with Gasteiger partial charge in [-0.3, -0.25) is 0 Å². The van der Waals surface area contributed by atoms with E-state index in [9.17, 15) is 10.5 Å². The van der Waals surface area contributed by atoms with Crippen LogP contribution in [0.4, 0.5) is 0 Å². The summed E-state index contributed by atoms with van der Waals surface area (Å²) in [6.07, 6.45) is 7.71. The Morgan fingerprint density at radius 2 is 1.17 bits per heavy atom. The molecule has 0 amide bonds. The van der Waals surface area contributed by atoms with Gasteiger partial charge in [-0.05, 0) is 153 Å². The Balaban J connectivity index is 0.853. The molecule has 2 atom stereocenters. The second-order valence-corrected chi connectivity index (χ2v) is 21.6. The molecule has 0 N–H and O–H groups in total. The molecule has 4 saturated carbocycles. The van der Waals surface area contributed by atoms with Crippen LogP contribution >= 0.6 is 11.3 Å². The highest BCUT2D eigenvalue weighted by molar-refractivity contribution is 7.25. The van der Waals surface area contributed by atoms with Crippen LogP contribution in [0.2, 0.25) is 0 Å². The van der Waals surface area contributed by atoms with E-state index in [4.69, 9.17) is 4.98 Å². The lowest BCUT2D eigenvalue weighted by Crippen LogP contribution is -2.55. The molecule has 14 rings (SSSR count). The van der Waals surface area contributed by atoms with Crippen molar-refractivity contribution >= 4 is 31.5 Å². The lowest BCUT2D eigenvalue weighted by Gasteiger charge is -2.63. The van der Waals surface area contributed by atoms with Gasteiger partial charge in [0, 0.05) is 36.7 Å². The molecule has 4 fully saturated rings. The molecule has 5 aliphatic rings. The lowest BCUT2D eigenvalue weighted by molar-refractivity contribution is -0.0280. The lowest BCUT2D eigenvalue weighted by atomic mass is 9.41. The molecule has 4 bridgehead atoms. The summed E-state index contributed by atoms with van der Waals surface area (Å²) in [5.74, 6) is 1.49. The third-order valence-corrected chi connectivity index (χ3v) is 17.5. The number of pyridine rings is 1. The molecule has 4 heteroatoms. The first-order chi connectivity index (χ1) is 32.2. The zero-order chi connectivity index (χ0) is 44.4. The van der Waals surface area contributed by atoms with Crippen molar-refractivity contribution in [2.24, 2.45) is 11.8 Å².